The Morgan fingerprint density at radius 3 is 2.11 bits per heavy atom. The van der Waals surface area contributed by atoms with Crippen molar-refractivity contribution in [2.45, 2.75) is 6.92 Å². The predicted octanol–water partition coefficient (Wildman–Crippen LogP) is 11.1. The summed E-state index contributed by atoms with van der Waals surface area (Å²) in [5.41, 5.74) is 5.65. The minimum atomic E-state index is 0.591. The summed E-state index contributed by atoms with van der Waals surface area (Å²) in [7, 11) is 0. The maximum Gasteiger partial charge on any atom is 0.164 e. The highest BCUT2D eigenvalue weighted by molar-refractivity contribution is 7.26. The van der Waals surface area contributed by atoms with Crippen molar-refractivity contribution >= 4 is 58.8 Å². The number of aromatic nitrogens is 4. The lowest BCUT2D eigenvalue weighted by atomic mass is 9.97. The van der Waals surface area contributed by atoms with Gasteiger partial charge in [0, 0.05) is 53.2 Å². The summed E-state index contributed by atoms with van der Waals surface area (Å²) in [4.78, 5) is 20.3. The minimum Gasteiger partial charge on any atom is -0.246 e. The first-order valence-corrected chi connectivity index (χ1v) is 16.0. The number of benzene rings is 5. The van der Waals surface area contributed by atoms with Crippen molar-refractivity contribution in [3.63, 3.8) is 0 Å². The first-order valence-electron chi connectivity index (χ1n) is 15.2. The fourth-order valence-electron chi connectivity index (χ4n) is 6.12. The molecule has 0 saturated carbocycles. The van der Waals surface area contributed by atoms with Crippen LogP contribution in [0.25, 0.3) is 81.5 Å². The van der Waals surface area contributed by atoms with Crippen LogP contribution in [0.5, 0.6) is 0 Å². The number of rotatable bonds is 6. The summed E-state index contributed by atoms with van der Waals surface area (Å²) in [6, 6.07) is 40.0. The minimum absolute atomic E-state index is 0.591. The van der Waals surface area contributed by atoms with Crippen molar-refractivity contribution < 1.29 is 0 Å². The van der Waals surface area contributed by atoms with Gasteiger partial charge in [-0.05, 0) is 30.5 Å². The van der Waals surface area contributed by atoms with E-state index in [9.17, 15) is 0 Å². The van der Waals surface area contributed by atoms with Crippen LogP contribution in [0.3, 0.4) is 0 Å². The fourth-order valence-corrected chi connectivity index (χ4v) is 7.22. The van der Waals surface area contributed by atoms with Gasteiger partial charge >= 0.3 is 0 Å². The third-order valence-electron chi connectivity index (χ3n) is 8.18. The number of allylic oxidation sites excluding steroid dienone is 5. The molecule has 8 rings (SSSR count). The van der Waals surface area contributed by atoms with E-state index in [0.717, 1.165) is 44.2 Å². The van der Waals surface area contributed by atoms with Gasteiger partial charge in [0.05, 0.1) is 11.2 Å². The van der Waals surface area contributed by atoms with Crippen LogP contribution in [0.15, 0.2) is 146 Å². The third kappa shape index (κ3) is 4.78. The van der Waals surface area contributed by atoms with Crippen LogP contribution in [0, 0.1) is 0 Å². The average Bonchev–Trinajstić information content (AvgIpc) is 3.51. The Morgan fingerprint density at radius 2 is 1.30 bits per heavy atom. The molecule has 3 aromatic heterocycles. The van der Waals surface area contributed by atoms with E-state index < -0.39 is 0 Å². The van der Waals surface area contributed by atoms with Gasteiger partial charge in [0.15, 0.2) is 17.5 Å². The molecule has 0 aliphatic rings. The Morgan fingerprint density at radius 1 is 0.609 bits per heavy atom. The number of fused-ring (bicyclic) bond motifs is 7. The van der Waals surface area contributed by atoms with E-state index in [1.807, 2.05) is 66.8 Å². The Bertz CT molecular complexity index is 2510. The zero-order valence-electron chi connectivity index (χ0n) is 25.2. The third-order valence-corrected chi connectivity index (χ3v) is 9.31. The van der Waals surface area contributed by atoms with Crippen molar-refractivity contribution in [1.29, 1.82) is 0 Å². The fraction of sp³-hybridized carbons (Fsp3) is 0.0244. The van der Waals surface area contributed by atoms with E-state index in [2.05, 4.69) is 91.5 Å². The normalized spacial score (nSPS) is 12.2. The Kier molecular flexibility index (Phi) is 7.01. The summed E-state index contributed by atoms with van der Waals surface area (Å²) in [6.07, 6.45) is 7.65. The SMILES string of the molecule is C=C/C=C(\C=C/C)c1nc(-c2ccccc2)nc(-c2cccc(-c3nc4c(ccc5sc6ccccc6c54)c4ccccc34)c2)n1. The standard InChI is InChI=1S/C41H28N4S/c1-3-13-26(14-4-2)39-43-40(27-15-6-5-7-16-27)45-41(44-39)29-18-12-17-28(25-29)37-31-20-9-8-19-30(31)32-23-24-35-36(38(32)42-37)33-21-10-11-22-34(33)46-35/h3-25H,1H2,2H3/b14-4-,26-13+. The number of thiophene rings is 1. The second-order valence-corrected chi connectivity index (χ2v) is 12.1. The van der Waals surface area contributed by atoms with Crippen LogP contribution < -0.4 is 0 Å². The highest BCUT2D eigenvalue weighted by atomic mass is 32.1. The molecular formula is C41H28N4S. The molecular weight excluding hydrogens is 581 g/mol. The van der Waals surface area contributed by atoms with Crippen LogP contribution in [-0.4, -0.2) is 19.9 Å². The van der Waals surface area contributed by atoms with Gasteiger partial charge < -0.3 is 0 Å². The van der Waals surface area contributed by atoms with E-state index in [4.69, 9.17) is 19.9 Å². The lowest BCUT2D eigenvalue weighted by Gasteiger charge is -2.13. The Balaban J connectivity index is 1.37. The molecule has 8 aromatic rings. The number of hydrogen-bond acceptors (Lipinski definition) is 5. The molecule has 0 fully saturated rings. The zero-order chi connectivity index (χ0) is 31.0. The number of hydrogen-bond donors (Lipinski definition) is 0. The molecule has 218 valence electrons. The van der Waals surface area contributed by atoms with Crippen LogP contribution in [0.4, 0.5) is 0 Å². The summed E-state index contributed by atoms with van der Waals surface area (Å²) >= 11 is 1.82. The second kappa shape index (κ2) is 11.6. The quantitative estimate of drug-likeness (QED) is 0.139. The van der Waals surface area contributed by atoms with Crippen LogP contribution in [0.2, 0.25) is 0 Å². The molecule has 46 heavy (non-hydrogen) atoms. The molecule has 0 unspecified atom stereocenters. The molecule has 0 N–H and O–H groups in total. The largest absolute Gasteiger partial charge is 0.246 e. The van der Waals surface area contributed by atoms with Gasteiger partial charge in [0.1, 0.15) is 0 Å². The van der Waals surface area contributed by atoms with Crippen molar-refractivity contribution in [2.75, 3.05) is 0 Å². The van der Waals surface area contributed by atoms with Crippen molar-refractivity contribution in [1.82, 2.24) is 19.9 Å². The van der Waals surface area contributed by atoms with Gasteiger partial charge in [-0.15, -0.1) is 11.3 Å². The number of nitrogens with zero attached hydrogens (tertiary/aromatic N) is 4. The van der Waals surface area contributed by atoms with Crippen LogP contribution in [0.1, 0.15) is 12.7 Å². The maximum absolute atomic E-state index is 5.44. The number of pyridine rings is 1. The molecule has 5 aromatic carbocycles. The van der Waals surface area contributed by atoms with Gasteiger partial charge in [-0.25, -0.2) is 19.9 Å². The molecule has 0 bridgehead atoms. The molecule has 4 nitrogen and oxygen atoms in total. The highest BCUT2D eigenvalue weighted by Crippen LogP contribution is 2.41. The van der Waals surface area contributed by atoms with E-state index in [1.165, 1.54) is 25.6 Å². The summed E-state index contributed by atoms with van der Waals surface area (Å²) in [5.74, 6) is 1.81. The van der Waals surface area contributed by atoms with E-state index in [0.29, 0.717) is 17.5 Å². The van der Waals surface area contributed by atoms with Gasteiger partial charge in [0.2, 0.25) is 0 Å². The van der Waals surface area contributed by atoms with Crippen molar-refractivity contribution in [2.24, 2.45) is 0 Å². The van der Waals surface area contributed by atoms with E-state index in [1.54, 1.807) is 6.08 Å². The van der Waals surface area contributed by atoms with Crippen LogP contribution in [-0.2, 0) is 0 Å². The summed E-state index contributed by atoms with van der Waals surface area (Å²) in [5, 5.41) is 5.90. The zero-order valence-corrected chi connectivity index (χ0v) is 26.0. The van der Waals surface area contributed by atoms with Gasteiger partial charge in [-0.3, -0.25) is 0 Å². The topological polar surface area (TPSA) is 51.6 Å². The van der Waals surface area contributed by atoms with Crippen molar-refractivity contribution in [3.05, 3.63) is 152 Å². The van der Waals surface area contributed by atoms with Crippen LogP contribution >= 0.6 is 11.3 Å². The summed E-state index contributed by atoms with van der Waals surface area (Å²) < 4.78 is 2.51. The average molecular weight is 609 g/mol. The molecule has 0 atom stereocenters. The summed E-state index contributed by atoms with van der Waals surface area (Å²) in [6.45, 7) is 5.89. The lowest BCUT2D eigenvalue weighted by molar-refractivity contribution is 1.04. The molecule has 3 heterocycles. The molecule has 0 spiro atoms. The smallest absolute Gasteiger partial charge is 0.164 e. The monoisotopic (exact) mass is 608 g/mol. The highest BCUT2D eigenvalue weighted by Gasteiger charge is 2.17. The molecule has 0 saturated heterocycles. The van der Waals surface area contributed by atoms with Gasteiger partial charge in [0.25, 0.3) is 0 Å². The van der Waals surface area contributed by atoms with Gasteiger partial charge in [-0.2, -0.15) is 0 Å². The molecule has 5 heteroatoms. The van der Waals surface area contributed by atoms with Gasteiger partial charge in [-0.1, -0.05) is 128 Å². The predicted molar refractivity (Wildman–Crippen MR) is 195 cm³/mol. The van der Waals surface area contributed by atoms with E-state index >= 15 is 0 Å². The maximum atomic E-state index is 5.44. The first-order chi connectivity index (χ1) is 22.7. The molecule has 0 aliphatic carbocycles. The Labute approximate surface area is 270 Å². The van der Waals surface area contributed by atoms with Crippen molar-refractivity contribution in [3.8, 4) is 34.0 Å². The second-order valence-electron chi connectivity index (χ2n) is 11.0. The van der Waals surface area contributed by atoms with E-state index in [-0.39, 0.29) is 0 Å². The first kappa shape index (κ1) is 27.7. The molecule has 0 amide bonds. The molecule has 0 aliphatic heterocycles. The Hall–Kier alpha value is -5.78. The molecule has 0 radical (unpaired) electrons. The lowest BCUT2D eigenvalue weighted by Crippen LogP contribution is -2.02.